The fourth-order valence-corrected chi connectivity index (χ4v) is 7.04. The highest BCUT2D eigenvalue weighted by atomic mass is 32.2. The molecule has 0 saturated carbocycles. The average molecular weight is 517 g/mol. The molecule has 1 N–H and O–H groups in total. The average Bonchev–Trinajstić information content (AvgIpc) is 3.28. The van der Waals surface area contributed by atoms with Gasteiger partial charge in [0, 0.05) is 24.2 Å². The van der Waals surface area contributed by atoms with Crippen LogP contribution in [0.4, 0.5) is 5.82 Å². The van der Waals surface area contributed by atoms with Crippen LogP contribution in [0.15, 0.2) is 47.4 Å². The second kappa shape index (κ2) is 9.21. The van der Waals surface area contributed by atoms with Crippen LogP contribution in [0, 0.1) is 13.8 Å². The zero-order valence-corrected chi connectivity index (χ0v) is 21.7. The van der Waals surface area contributed by atoms with Crippen molar-refractivity contribution >= 4 is 31.6 Å². The van der Waals surface area contributed by atoms with Gasteiger partial charge in [0.1, 0.15) is 5.82 Å². The van der Waals surface area contributed by atoms with E-state index in [1.165, 1.54) is 28.6 Å². The smallest absolute Gasteiger partial charge is 0.256 e. The van der Waals surface area contributed by atoms with Crippen molar-refractivity contribution in [2.45, 2.75) is 44.1 Å². The van der Waals surface area contributed by atoms with Crippen molar-refractivity contribution in [3.8, 4) is 5.69 Å². The maximum atomic E-state index is 13.1. The molecule has 1 aromatic heterocycles. The normalized spacial score (nSPS) is 14.8. The number of rotatable bonds is 7. The van der Waals surface area contributed by atoms with E-state index in [0.29, 0.717) is 35.9 Å². The molecule has 0 bridgehead atoms. The van der Waals surface area contributed by atoms with Gasteiger partial charge in [0.2, 0.25) is 10.0 Å². The number of aryl methyl sites for hydroxylation is 2. The topological polar surface area (TPSA) is 118 Å². The standard InChI is InChI=1S/C24H28N4O5S2/c1-5-27(6-2)35(32,33)20-11-8-18(9-12-20)24(29)25-23-21-14-34(30,31)15-22(21)26-28(23)19-10-7-16(3)17(4)13-19/h7-13H,5-6,14-15H2,1-4H3,(H,25,29). The molecule has 9 nitrogen and oxygen atoms in total. The van der Waals surface area contributed by atoms with Crippen LogP contribution in [0.5, 0.6) is 0 Å². The minimum absolute atomic E-state index is 0.102. The maximum absolute atomic E-state index is 13.1. The number of sulfonamides is 1. The maximum Gasteiger partial charge on any atom is 0.256 e. The minimum Gasteiger partial charge on any atom is -0.306 e. The first kappa shape index (κ1) is 25.1. The quantitative estimate of drug-likeness (QED) is 0.515. The summed E-state index contributed by atoms with van der Waals surface area (Å²) in [6.45, 7) is 8.17. The zero-order valence-electron chi connectivity index (χ0n) is 20.1. The Morgan fingerprint density at radius 2 is 1.69 bits per heavy atom. The van der Waals surface area contributed by atoms with Gasteiger partial charge in [-0.2, -0.15) is 9.40 Å². The Bertz CT molecular complexity index is 1500. The van der Waals surface area contributed by atoms with E-state index in [1.54, 1.807) is 18.5 Å². The Kier molecular flexibility index (Phi) is 6.60. The largest absolute Gasteiger partial charge is 0.306 e. The molecule has 1 aliphatic heterocycles. The SMILES string of the molecule is CCN(CC)S(=O)(=O)c1ccc(C(=O)Nc2c3c(nn2-c2ccc(C)c(C)c2)CS(=O)(=O)C3)cc1. The molecule has 0 atom stereocenters. The summed E-state index contributed by atoms with van der Waals surface area (Å²) in [7, 11) is -6.98. The van der Waals surface area contributed by atoms with Crippen LogP contribution in [0.2, 0.25) is 0 Å². The van der Waals surface area contributed by atoms with Gasteiger partial charge in [0.15, 0.2) is 9.84 Å². The van der Waals surface area contributed by atoms with Crippen LogP contribution >= 0.6 is 0 Å². The molecule has 0 radical (unpaired) electrons. The number of sulfone groups is 1. The number of hydrogen-bond donors (Lipinski definition) is 1. The van der Waals surface area contributed by atoms with Crippen LogP contribution in [-0.2, 0) is 31.4 Å². The summed E-state index contributed by atoms with van der Waals surface area (Å²) < 4.78 is 52.8. The van der Waals surface area contributed by atoms with Crippen molar-refractivity contribution in [1.29, 1.82) is 0 Å². The lowest BCUT2D eigenvalue weighted by atomic mass is 10.1. The number of aromatic nitrogens is 2. The van der Waals surface area contributed by atoms with Gasteiger partial charge in [-0.3, -0.25) is 4.79 Å². The Hall–Kier alpha value is -3.02. The number of amides is 1. The van der Waals surface area contributed by atoms with Gasteiger partial charge in [-0.15, -0.1) is 0 Å². The molecule has 0 aliphatic carbocycles. The predicted octanol–water partition coefficient (Wildman–Crippen LogP) is 3.20. The Balaban J connectivity index is 1.68. The molecule has 186 valence electrons. The molecule has 0 saturated heterocycles. The summed E-state index contributed by atoms with van der Waals surface area (Å²) in [5.41, 5.74) is 3.97. The van der Waals surface area contributed by atoms with E-state index in [1.807, 2.05) is 32.0 Å². The second-order valence-electron chi connectivity index (χ2n) is 8.55. The van der Waals surface area contributed by atoms with Crippen LogP contribution in [0.3, 0.4) is 0 Å². The summed E-state index contributed by atoms with van der Waals surface area (Å²) in [6, 6.07) is 11.4. The lowest BCUT2D eigenvalue weighted by Gasteiger charge is -2.18. The molecule has 0 fully saturated rings. The number of nitrogens with one attached hydrogen (secondary N) is 1. The molecule has 0 unspecified atom stereocenters. The Morgan fingerprint density at radius 3 is 2.29 bits per heavy atom. The highest BCUT2D eigenvalue weighted by Crippen LogP contribution is 2.33. The molecule has 2 aromatic carbocycles. The van der Waals surface area contributed by atoms with Gasteiger partial charge >= 0.3 is 0 Å². The summed E-state index contributed by atoms with van der Waals surface area (Å²) in [6.07, 6.45) is 0. The lowest BCUT2D eigenvalue weighted by Crippen LogP contribution is -2.30. The van der Waals surface area contributed by atoms with Gasteiger partial charge in [-0.05, 0) is 61.4 Å². The van der Waals surface area contributed by atoms with Gasteiger partial charge in [-0.1, -0.05) is 19.9 Å². The van der Waals surface area contributed by atoms with E-state index in [2.05, 4.69) is 10.4 Å². The summed E-state index contributed by atoms with van der Waals surface area (Å²) in [5, 5.41) is 7.31. The molecule has 3 aromatic rings. The summed E-state index contributed by atoms with van der Waals surface area (Å²) in [5.74, 6) is -0.576. The van der Waals surface area contributed by atoms with Crippen molar-refractivity contribution in [3.05, 3.63) is 70.4 Å². The third-order valence-corrected chi connectivity index (χ3v) is 9.72. The first-order valence-corrected chi connectivity index (χ1v) is 14.5. The van der Waals surface area contributed by atoms with Crippen LogP contribution in [-0.4, -0.2) is 49.9 Å². The van der Waals surface area contributed by atoms with Crippen LogP contribution < -0.4 is 5.32 Å². The third-order valence-electron chi connectivity index (χ3n) is 6.21. The fourth-order valence-electron chi connectivity index (χ4n) is 4.09. The number of carbonyl (C=O) groups is 1. The molecule has 0 spiro atoms. The zero-order chi connectivity index (χ0) is 25.5. The summed E-state index contributed by atoms with van der Waals surface area (Å²) >= 11 is 0. The summed E-state index contributed by atoms with van der Waals surface area (Å²) in [4.78, 5) is 13.2. The van der Waals surface area contributed by atoms with E-state index in [9.17, 15) is 21.6 Å². The monoisotopic (exact) mass is 516 g/mol. The second-order valence-corrected chi connectivity index (χ2v) is 12.6. The molecule has 35 heavy (non-hydrogen) atoms. The highest BCUT2D eigenvalue weighted by Gasteiger charge is 2.33. The van der Waals surface area contributed by atoms with Gasteiger partial charge in [0.05, 0.1) is 27.8 Å². The van der Waals surface area contributed by atoms with Crippen molar-refractivity contribution in [2.24, 2.45) is 0 Å². The molecular weight excluding hydrogens is 488 g/mol. The third kappa shape index (κ3) is 4.75. The number of nitrogens with zero attached hydrogens (tertiary/aromatic N) is 3. The van der Waals surface area contributed by atoms with E-state index in [0.717, 1.165) is 11.1 Å². The minimum atomic E-state index is -3.64. The highest BCUT2D eigenvalue weighted by molar-refractivity contribution is 7.90. The number of carbonyl (C=O) groups excluding carboxylic acids is 1. The first-order chi connectivity index (χ1) is 16.5. The number of anilines is 1. The van der Waals surface area contributed by atoms with Gasteiger partial charge < -0.3 is 5.32 Å². The number of fused-ring (bicyclic) bond motifs is 1. The fraction of sp³-hybridized carbons (Fsp3) is 0.333. The van der Waals surface area contributed by atoms with Crippen LogP contribution in [0.1, 0.15) is 46.6 Å². The molecule has 4 rings (SSSR count). The first-order valence-electron chi connectivity index (χ1n) is 11.3. The molecule has 2 heterocycles. The van der Waals surface area contributed by atoms with E-state index >= 15 is 0 Å². The molecule has 11 heteroatoms. The molecule has 1 aliphatic rings. The van der Waals surface area contributed by atoms with Crippen molar-refractivity contribution in [3.63, 3.8) is 0 Å². The van der Waals surface area contributed by atoms with Crippen LogP contribution in [0.25, 0.3) is 5.69 Å². The molecule has 1 amide bonds. The molecular formula is C24H28N4O5S2. The van der Waals surface area contributed by atoms with Crippen molar-refractivity contribution in [2.75, 3.05) is 18.4 Å². The van der Waals surface area contributed by atoms with Gasteiger partial charge in [0.25, 0.3) is 5.91 Å². The van der Waals surface area contributed by atoms with Gasteiger partial charge in [-0.25, -0.2) is 21.5 Å². The number of benzene rings is 2. The van der Waals surface area contributed by atoms with Crippen molar-refractivity contribution in [1.82, 2.24) is 14.1 Å². The van der Waals surface area contributed by atoms with E-state index in [4.69, 9.17) is 0 Å². The van der Waals surface area contributed by atoms with Crippen molar-refractivity contribution < 1.29 is 21.6 Å². The van der Waals surface area contributed by atoms with E-state index in [-0.39, 0.29) is 22.0 Å². The lowest BCUT2D eigenvalue weighted by molar-refractivity contribution is 0.102. The number of hydrogen-bond acceptors (Lipinski definition) is 6. The Labute approximate surface area is 205 Å². The Morgan fingerprint density at radius 1 is 1.03 bits per heavy atom. The van der Waals surface area contributed by atoms with E-state index < -0.39 is 25.8 Å². The predicted molar refractivity (Wildman–Crippen MR) is 134 cm³/mol.